The van der Waals surface area contributed by atoms with Crippen LogP contribution < -0.4 is 16.0 Å². The van der Waals surface area contributed by atoms with Crippen LogP contribution in [0.5, 0.6) is 0 Å². The zero-order valence-electron chi connectivity index (χ0n) is 16.5. The quantitative estimate of drug-likeness (QED) is 0.413. The molecule has 1 heterocycles. The molecule has 0 unspecified atom stereocenters. The van der Waals surface area contributed by atoms with Crippen LogP contribution in [0, 0.1) is 0 Å². The van der Waals surface area contributed by atoms with E-state index < -0.39 is 0 Å². The van der Waals surface area contributed by atoms with Crippen LogP contribution in [-0.2, 0) is 9.53 Å². The van der Waals surface area contributed by atoms with Gasteiger partial charge in [-0.2, -0.15) is 4.98 Å². The highest BCUT2D eigenvalue weighted by molar-refractivity contribution is 6.33. The van der Waals surface area contributed by atoms with Gasteiger partial charge < -0.3 is 20.7 Å². The van der Waals surface area contributed by atoms with E-state index in [0.29, 0.717) is 41.1 Å². The van der Waals surface area contributed by atoms with Crippen molar-refractivity contribution >= 4 is 41.0 Å². The van der Waals surface area contributed by atoms with Gasteiger partial charge in [0.2, 0.25) is 5.95 Å². The van der Waals surface area contributed by atoms with Gasteiger partial charge in [0.25, 0.3) is 0 Å². The molecule has 29 heavy (non-hydrogen) atoms. The molecule has 1 aromatic carbocycles. The summed E-state index contributed by atoms with van der Waals surface area (Å²) in [6, 6.07) is 7.94. The summed E-state index contributed by atoms with van der Waals surface area (Å²) in [7, 11) is 1.76. The first-order valence-corrected chi connectivity index (χ1v) is 10.0. The fourth-order valence-electron chi connectivity index (χ4n) is 3.27. The third kappa shape index (κ3) is 5.92. The third-order valence-corrected chi connectivity index (χ3v) is 5.21. The number of nitrogens with one attached hydrogen (secondary N) is 3. The van der Waals surface area contributed by atoms with Crippen LogP contribution >= 0.6 is 11.6 Å². The third-order valence-electron chi connectivity index (χ3n) is 4.94. The Morgan fingerprint density at radius 3 is 2.69 bits per heavy atom. The molecule has 1 aliphatic carbocycles. The lowest BCUT2D eigenvalue weighted by Crippen LogP contribution is -2.29. The van der Waals surface area contributed by atoms with Gasteiger partial charge in [0.05, 0.1) is 23.7 Å². The first kappa shape index (κ1) is 21.1. The van der Waals surface area contributed by atoms with Gasteiger partial charge in [-0.25, -0.2) is 4.98 Å². The van der Waals surface area contributed by atoms with Crippen molar-refractivity contribution in [2.24, 2.45) is 0 Å². The molecule has 1 aromatic heterocycles. The van der Waals surface area contributed by atoms with E-state index in [4.69, 9.17) is 16.3 Å². The number of carbonyl (C=O) groups is 1. The maximum Gasteiger partial charge on any atom is 0.224 e. The van der Waals surface area contributed by atoms with E-state index >= 15 is 0 Å². The van der Waals surface area contributed by atoms with Gasteiger partial charge in [0.15, 0.2) is 5.82 Å². The molecule has 1 aliphatic rings. The first-order valence-electron chi connectivity index (χ1n) is 9.63. The molecule has 0 atom stereocenters. The number of para-hydroxylation sites is 2. The largest absolute Gasteiger partial charge is 0.381 e. The highest BCUT2D eigenvalue weighted by atomic mass is 35.5. The summed E-state index contributed by atoms with van der Waals surface area (Å²) >= 11 is 6.32. The SMILES string of the molecule is C=C(C=O)CNc1ccccc1Nc1nc(NC2CCC(OC)CC2)ncc1Cl. The minimum absolute atomic E-state index is 0.318. The lowest BCUT2D eigenvalue weighted by atomic mass is 9.93. The minimum Gasteiger partial charge on any atom is -0.381 e. The molecule has 3 rings (SSSR count). The van der Waals surface area contributed by atoms with E-state index in [1.165, 1.54) is 0 Å². The second kappa shape index (κ2) is 10.2. The lowest BCUT2D eigenvalue weighted by Gasteiger charge is -2.28. The number of anilines is 4. The molecule has 0 saturated heterocycles. The lowest BCUT2D eigenvalue weighted by molar-refractivity contribution is -0.104. The molecule has 0 amide bonds. The maximum atomic E-state index is 10.8. The minimum atomic E-state index is 0.318. The normalized spacial score (nSPS) is 18.7. The van der Waals surface area contributed by atoms with Crippen molar-refractivity contribution in [2.45, 2.75) is 37.8 Å². The second-order valence-corrected chi connectivity index (χ2v) is 7.45. The van der Waals surface area contributed by atoms with Crippen molar-refractivity contribution in [2.75, 3.05) is 29.6 Å². The predicted octanol–water partition coefficient (Wildman–Crippen LogP) is 4.41. The summed E-state index contributed by atoms with van der Waals surface area (Å²) < 4.78 is 5.43. The highest BCUT2D eigenvalue weighted by Gasteiger charge is 2.21. The molecule has 3 N–H and O–H groups in total. The van der Waals surface area contributed by atoms with Gasteiger partial charge in [-0.15, -0.1) is 0 Å². The first-order chi connectivity index (χ1) is 14.1. The molecule has 0 spiro atoms. The molecule has 2 aromatic rings. The number of hydrogen-bond donors (Lipinski definition) is 3. The van der Waals surface area contributed by atoms with Crippen LogP contribution in [0.25, 0.3) is 0 Å². The molecule has 154 valence electrons. The Balaban J connectivity index is 1.69. The van der Waals surface area contributed by atoms with E-state index in [2.05, 4.69) is 32.5 Å². The number of benzene rings is 1. The van der Waals surface area contributed by atoms with Crippen LogP contribution in [-0.4, -0.2) is 42.1 Å². The fraction of sp³-hybridized carbons (Fsp3) is 0.381. The summed E-state index contributed by atoms with van der Waals surface area (Å²) in [6.07, 6.45) is 6.75. The van der Waals surface area contributed by atoms with Crippen LogP contribution in [0.3, 0.4) is 0 Å². The zero-order valence-corrected chi connectivity index (χ0v) is 17.2. The van der Waals surface area contributed by atoms with Crippen molar-refractivity contribution in [1.82, 2.24) is 9.97 Å². The van der Waals surface area contributed by atoms with Crippen LogP contribution in [0.4, 0.5) is 23.1 Å². The Morgan fingerprint density at radius 1 is 1.28 bits per heavy atom. The summed E-state index contributed by atoms with van der Waals surface area (Å²) in [5.41, 5.74) is 2.07. The Hall–Kier alpha value is -2.64. The topological polar surface area (TPSA) is 88.2 Å². The van der Waals surface area contributed by atoms with Gasteiger partial charge in [-0.3, -0.25) is 4.79 Å². The monoisotopic (exact) mass is 415 g/mol. The average molecular weight is 416 g/mol. The maximum absolute atomic E-state index is 10.8. The molecule has 7 nitrogen and oxygen atoms in total. The number of methoxy groups -OCH3 is 1. The molecule has 0 aliphatic heterocycles. The number of aromatic nitrogens is 2. The van der Waals surface area contributed by atoms with E-state index in [1.807, 2.05) is 24.3 Å². The predicted molar refractivity (Wildman–Crippen MR) is 117 cm³/mol. The highest BCUT2D eigenvalue weighted by Crippen LogP contribution is 2.29. The zero-order chi connectivity index (χ0) is 20.6. The van der Waals surface area contributed by atoms with E-state index in [9.17, 15) is 4.79 Å². The molecule has 0 bridgehead atoms. The van der Waals surface area contributed by atoms with Crippen molar-refractivity contribution in [1.29, 1.82) is 0 Å². The molecule has 8 heteroatoms. The number of aldehydes is 1. The summed E-state index contributed by atoms with van der Waals surface area (Å²) in [5.74, 6) is 1.05. The van der Waals surface area contributed by atoms with Gasteiger partial charge in [0, 0.05) is 25.3 Å². The van der Waals surface area contributed by atoms with E-state index in [0.717, 1.165) is 43.3 Å². The van der Waals surface area contributed by atoms with E-state index in [1.54, 1.807) is 13.3 Å². The number of halogens is 1. The molecule has 1 saturated carbocycles. The van der Waals surface area contributed by atoms with Gasteiger partial charge in [-0.05, 0) is 37.8 Å². The van der Waals surface area contributed by atoms with Crippen molar-refractivity contribution < 1.29 is 9.53 Å². The Kier molecular flexibility index (Phi) is 7.43. The summed E-state index contributed by atoms with van der Waals surface area (Å²) in [4.78, 5) is 19.7. The Morgan fingerprint density at radius 2 is 2.00 bits per heavy atom. The molecule has 1 fully saturated rings. The fourth-order valence-corrected chi connectivity index (χ4v) is 3.41. The smallest absolute Gasteiger partial charge is 0.224 e. The Labute approximate surface area is 175 Å². The average Bonchev–Trinajstić information content (AvgIpc) is 2.75. The summed E-state index contributed by atoms with van der Waals surface area (Å²) in [6.45, 7) is 4.04. The number of rotatable bonds is 9. The summed E-state index contributed by atoms with van der Waals surface area (Å²) in [5, 5.41) is 10.3. The van der Waals surface area contributed by atoms with Crippen LogP contribution in [0.1, 0.15) is 25.7 Å². The van der Waals surface area contributed by atoms with Crippen molar-refractivity contribution in [3.8, 4) is 0 Å². The Bertz CT molecular complexity index is 853. The van der Waals surface area contributed by atoms with Crippen LogP contribution in [0.2, 0.25) is 5.02 Å². The number of ether oxygens (including phenoxy) is 1. The number of nitrogens with zero attached hydrogens (tertiary/aromatic N) is 2. The molecular formula is C21H26ClN5O2. The van der Waals surface area contributed by atoms with Crippen molar-refractivity contribution in [3.05, 3.63) is 47.6 Å². The molecule has 0 radical (unpaired) electrons. The van der Waals surface area contributed by atoms with Crippen LogP contribution in [0.15, 0.2) is 42.6 Å². The van der Waals surface area contributed by atoms with Gasteiger partial charge >= 0.3 is 0 Å². The van der Waals surface area contributed by atoms with Crippen molar-refractivity contribution in [3.63, 3.8) is 0 Å². The van der Waals surface area contributed by atoms with Gasteiger partial charge in [0.1, 0.15) is 11.3 Å². The molecular weight excluding hydrogens is 390 g/mol. The number of carbonyl (C=O) groups excluding carboxylic acids is 1. The second-order valence-electron chi connectivity index (χ2n) is 7.04. The number of hydrogen-bond acceptors (Lipinski definition) is 7. The standard InChI is InChI=1S/C21H26ClN5O2/c1-14(13-28)11-23-18-5-3-4-6-19(18)26-20-17(22)12-24-21(27-20)25-15-7-9-16(29-2)10-8-15/h3-6,12-13,15-16,23H,1,7-11H2,2H3,(H2,24,25,26,27). The van der Waals surface area contributed by atoms with Gasteiger partial charge in [-0.1, -0.05) is 30.3 Å². The van der Waals surface area contributed by atoms with E-state index in [-0.39, 0.29) is 0 Å².